The third kappa shape index (κ3) is 2.07. The first kappa shape index (κ1) is 13.6. The Morgan fingerprint density at radius 1 is 1.38 bits per heavy atom. The van der Waals surface area contributed by atoms with E-state index < -0.39 is 0 Å². The fourth-order valence-corrected chi connectivity index (χ4v) is 2.76. The molecule has 0 aliphatic carbocycles. The summed E-state index contributed by atoms with van der Waals surface area (Å²) in [5, 5.41) is 4.47. The summed E-state index contributed by atoms with van der Waals surface area (Å²) in [6.45, 7) is 4.01. The predicted molar refractivity (Wildman–Crippen MR) is 80.5 cm³/mol. The number of rotatable bonds is 3. The summed E-state index contributed by atoms with van der Waals surface area (Å²) >= 11 is 0. The molecule has 0 saturated heterocycles. The van der Waals surface area contributed by atoms with E-state index in [0.29, 0.717) is 5.95 Å². The molecular formula is C15H18FN5. The lowest BCUT2D eigenvalue weighted by molar-refractivity contribution is 0.605. The number of hydrogen-bond donors (Lipinski definition) is 1. The Labute approximate surface area is 122 Å². The average Bonchev–Trinajstić information content (AvgIpc) is 2.95. The van der Waals surface area contributed by atoms with E-state index in [2.05, 4.69) is 10.1 Å². The van der Waals surface area contributed by atoms with E-state index >= 15 is 0 Å². The van der Waals surface area contributed by atoms with Crippen molar-refractivity contribution in [1.29, 1.82) is 0 Å². The molecule has 110 valence electrons. The molecule has 5 nitrogen and oxygen atoms in total. The highest BCUT2D eigenvalue weighted by Crippen LogP contribution is 2.29. The van der Waals surface area contributed by atoms with Crippen LogP contribution in [-0.4, -0.2) is 19.3 Å². The van der Waals surface area contributed by atoms with Gasteiger partial charge in [-0.3, -0.25) is 9.25 Å². The topological polar surface area (TPSA) is 61.7 Å². The number of nitrogens with two attached hydrogens (primary N) is 1. The minimum atomic E-state index is -0.256. The molecule has 3 rings (SSSR count). The van der Waals surface area contributed by atoms with Crippen molar-refractivity contribution in [3.05, 3.63) is 41.3 Å². The quantitative estimate of drug-likeness (QED) is 0.805. The third-order valence-electron chi connectivity index (χ3n) is 3.82. The fourth-order valence-electron chi connectivity index (χ4n) is 2.76. The van der Waals surface area contributed by atoms with E-state index in [9.17, 15) is 4.39 Å². The van der Waals surface area contributed by atoms with Gasteiger partial charge in [0.15, 0.2) is 5.65 Å². The highest BCUT2D eigenvalue weighted by Gasteiger charge is 2.21. The number of nitrogens with zero attached hydrogens (tertiary/aromatic N) is 4. The molecule has 0 spiro atoms. The minimum Gasteiger partial charge on any atom is -0.369 e. The largest absolute Gasteiger partial charge is 0.369 e. The number of imidazole rings is 1. The molecule has 1 unspecified atom stereocenters. The van der Waals surface area contributed by atoms with E-state index in [1.807, 2.05) is 31.5 Å². The zero-order chi connectivity index (χ0) is 15.1. The summed E-state index contributed by atoms with van der Waals surface area (Å²) in [5.41, 5.74) is 9.53. The molecule has 0 aliphatic rings. The first-order valence-electron chi connectivity index (χ1n) is 6.97. The molecule has 1 atom stereocenters. The molecule has 0 saturated carbocycles. The van der Waals surface area contributed by atoms with Crippen LogP contribution in [0.1, 0.15) is 31.1 Å². The van der Waals surface area contributed by atoms with E-state index in [1.165, 1.54) is 12.1 Å². The summed E-state index contributed by atoms with van der Waals surface area (Å²) in [4.78, 5) is 4.44. The van der Waals surface area contributed by atoms with Crippen LogP contribution < -0.4 is 5.73 Å². The summed E-state index contributed by atoms with van der Waals surface area (Å²) < 4.78 is 17.1. The minimum absolute atomic E-state index is 0.120. The maximum Gasteiger partial charge on any atom is 0.203 e. The maximum absolute atomic E-state index is 13.4. The van der Waals surface area contributed by atoms with Crippen LogP contribution in [0.15, 0.2) is 24.3 Å². The van der Waals surface area contributed by atoms with Crippen LogP contribution in [0.2, 0.25) is 0 Å². The number of aryl methyl sites for hydroxylation is 2. The van der Waals surface area contributed by atoms with Gasteiger partial charge in [0.25, 0.3) is 0 Å². The van der Waals surface area contributed by atoms with Crippen molar-refractivity contribution in [2.24, 2.45) is 7.05 Å². The van der Waals surface area contributed by atoms with E-state index in [0.717, 1.165) is 28.8 Å². The van der Waals surface area contributed by atoms with Gasteiger partial charge < -0.3 is 5.73 Å². The molecular weight excluding hydrogens is 269 g/mol. The Kier molecular flexibility index (Phi) is 3.16. The maximum atomic E-state index is 13.4. The van der Waals surface area contributed by atoms with Crippen molar-refractivity contribution < 1.29 is 4.39 Å². The predicted octanol–water partition coefficient (Wildman–Crippen LogP) is 2.66. The molecule has 6 heteroatoms. The Balaban J connectivity index is 2.20. The van der Waals surface area contributed by atoms with Crippen LogP contribution in [0, 0.1) is 5.82 Å². The van der Waals surface area contributed by atoms with Crippen LogP contribution in [0.3, 0.4) is 0 Å². The molecule has 0 bridgehead atoms. The third-order valence-corrected chi connectivity index (χ3v) is 3.82. The highest BCUT2D eigenvalue weighted by molar-refractivity contribution is 5.78. The van der Waals surface area contributed by atoms with Crippen LogP contribution in [0.5, 0.6) is 0 Å². The second-order valence-electron chi connectivity index (χ2n) is 5.17. The van der Waals surface area contributed by atoms with E-state index in [4.69, 9.17) is 5.73 Å². The lowest BCUT2D eigenvalue weighted by Gasteiger charge is -2.16. The Morgan fingerprint density at radius 2 is 2.14 bits per heavy atom. The average molecular weight is 287 g/mol. The van der Waals surface area contributed by atoms with Gasteiger partial charge in [0, 0.05) is 7.05 Å². The Morgan fingerprint density at radius 3 is 2.81 bits per heavy atom. The lowest BCUT2D eigenvalue weighted by atomic mass is 10.1. The zero-order valence-electron chi connectivity index (χ0n) is 12.3. The molecule has 2 heterocycles. The zero-order valence-corrected chi connectivity index (χ0v) is 12.3. The monoisotopic (exact) mass is 287 g/mol. The van der Waals surface area contributed by atoms with Crippen molar-refractivity contribution >= 4 is 17.1 Å². The number of hydrogen-bond acceptors (Lipinski definition) is 3. The highest BCUT2D eigenvalue weighted by atomic mass is 19.1. The van der Waals surface area contributed by atoms with Gasteiger partial charge in [-0.05, 0) is 31.0 Å². The van der Waals surface area contributed by atoms with E-state index in [1.54, 1.807) is 10.7 Å². The number of anilines is 1. The van der Waals surface area contributed by atoms with Crippen LogP contribution >= 0.6 is 0 Å². The number of benzene rings is 1. The van der Waals surface area contributed by atoms with Gasteiger partial charge in [0.05, 0.1) is 11.7 Å². The summed E-state index contributed by atoms with van der Waals surface area (Å²) in [7, 11) is 1.87. The normalized spacial score (nSPS) is 13.0. The molecule has 0 radical (unpaired) electrons. The van der Waals surface area contributed by atoms with Crippen LogP contribution in [0.25, 0.3) is 11.2 Å². The Hall–Kier alpha value is -2.37. The van der Waals surface area contributed by atoms with Gasteiger partial charge in [0.1, 0.15) is 11.3 Å². The number of aromatic nitrogens is 4. The number of nitrogen functional groups attached to an aromatic ring is 1. The molecule has 0 amide bonds. The molecule has 2 N–H and O–H groups in total. The van der Waals surface area contributed by atoms with Crippen LogP contribution in [0.4, 0.5) is 10.3 Å². The summed E-state index contributed by atoms with van der Waals surface area (Å²) in [6, 6.07) is 6.42. The standard InChI is InChI=1S/C15H18FN5/c1-4-12-13-14(20(3)19-12)21(15(17)18-13)9(2)10-6-5-7-11(16)8-10/h5-9H,4H2,1-3H3,(H2,17,18). The second-order valence-corrected chi connectivity index (χ2v) is 5.17. The first-order valence-corrected chi connectivity index (χ1v) is 6.97. The summed E-state index contributed by atoms with van der Waals surface area (Å²) in [6.07, 6.45) is 0.794. The van der Waals surface area contributed by atoms with Crippen molar-refractivity contribution in [3.63, 3.8) is 0 Å². The molecule has 0 aliphatic heterocycles. The van der Waals surface area contributed by atoms with Crippen molar-refractivity contribution in [1.82, 2.24) is 19.3 Å². The molecule has 3 aromatic rings. The van der Waals surface area contributed by atoms with Crippen molar-refractivity contribution in [2.75, 3.05) is 5.73 Å². The number of fused-ring (bicyclic) bond motifs is 1. The summed E-state index contributed by atoms with van der Waals surface area (Å²) in [5.74, 6) is 0.165. The Bertz CT molecular complexity index is 802. The SMILES string of the molecule is CCc1nn(C)c2c1nc(N)n2C(C)c1cccc(F)c1. The van der Waals surface area contributed by atoms with Gasteiger partial charge in [-0.1, -0.05) is 19.1 Å². The van der Waals surface area contributed by atoms with Gasteiger partial charge in [-0.15, -0.1) is 0 Å². The van der Waals surface area contributed by atoms with Gasteiger partial charge in [0.2, 0.25) is 5.95 Å². The van der Waals surface area contributed by atoms with Gasteiger partial charge in [-0.2, -0.15) is 5.10 Å². The van der Waals surface area contributed by atoms with E-state index in [-0.39, 0.29) is 11.9 Å². The molecule has 1 aromatic carbocycles. The molecule has 21 heavy (non-hydrogen) atoms. The van der Waals surface area contributed by atoms with Crippen LogP contribution in [-0.2, 0) is 13.5 Å². The first-order chi connectivity index (χ1) is 10.0. The second kappa shape index (κ2) is 4.87. The smallest absolute Gasteiger partial charge is 0.203 e. The van der Waals surface area contributed by atoms with Crippen molar-refractivity contribution in [3.8, 4) is 0 Å². The lowest BCUT2D eigenvalue weighted by Crippen LogP contribution is -2.12. The van der Waals surface area contributed by atoms with Gasteiger partial charge >= 0.3 is 0 Å². The number of halogens is 1. The molecule has 2 aromatic heterocycles. The van der Waals surface area contributed by atoms with Gasteiger partial charge in [-0.25, -0.2) is 9.37 Å². The molecule has 0 fully saturated rings. The fraction of sp³-hybridized carbons (Fsp3) is 0.333. The van der Waals surface area contributed by atoms with Crippen molar-refractivity contribution in [2.45, 2.75) is 26.3 Å².